The molecule has 0 amide bonds. The van der Waals surface area contributed by atoms with Crippen LogP contribution in [-0.4, -0.2) is 18.2 Å². The molecule has 0 saturated heterocycles. The molecule has 3 aromatic rings. The van der Waals surface area contributed by atoms with Gasteiger partial charge in [0.15, 0.2) is 0 Å². The molecule has 0 bridgehead atoms. The molecule has 0 aliphatic rings. The van der Waals surface area contributed by atoms with E-state index in [-0.39, 0.29) is 0 Å². The van der Waals surface area contributed by atoms with E-state index in [4.69, 9.17) is 0 Å². The lowest BCUT2D eigenvalue weighted by atomic mass is 10.1. The fraction of sp³-hybridized carbons (Fsp3) is 0.211. The number of nitrogens with one attached hydrogen (secondary N) is 1. The third-order valence-corrected chi connectivity index (χ3v) is 5.63. The van der Waals surface area contributed by atoms with Gasteiger partial charge in [-0.25, -0.2) is 8.42 Å². The number of sulfonamides is 1. The average molecular weight is 355 g/mol. The summed E-state index contributed by atoms with van der Waals surface area (Å²) in [6, 6.07) is 13.6. The van der Waals surface area contributed by atoms with E-state index < -0.39 is 10.0 Å². The SMILES string of the molecule is Cc1cc(C)c(S(=O)(=O)Nc2cnn(Cc3ccccc3)c2)c(C)c1. The fourth-order valence-corrected chi connectivity index (χ4v) is 4.55. The molecule has 0 radical (unpaired) electrons. The van der Waals surface area contributed by atoms with E-state index in [0.29, 0.717) is 17.1 Å². The topological polar surface area (TPSA) is 64.0 Å². The number of aromatic nitrogens is 2. The van der Waals surface area contributed by atoms with Gasteiger partial charge in [0.2, 0.25) is 0 Å². The largest absolute Gasteiger partial charge is 0.276 e. The van der Waals surface area contributed by atoms with Gasteiger partial charge >= 0.3 is 0 Å². The second kappa shape index (κ2) is 6.72. The Hall–Kier alpha value is -2.60. The molecule has 0 saturated carbocycles. The molecule has 0 atom stereocenters. The second-order valence-corrected chi connectivity index (χ2v) is 7.86. The van der Waals surface area contributed by atoms with Gasteiger partial charge in [-0.2, -0.15) is 5.10 Å². The Morgan fingerprint density at radius 3 is 2.32 bits per heavy atom. The Morgan fingerprint density at radius 2 is 1.68 bits per heavy atom. The third kappa shape index (κ3) is 3.91. The molecule has 25 heavy (non-hydrogen) atoms. The van der Waals surface area contributed by atoms with E-state index in [1.165, 1.54) is 6.20 Å². The Morgan fingerprint density at radius 1 is 1.04 bits per heavy atom. The minimum Gasteiger partial charge on any atom is -0.276 e. The Labute approximate surface area is 148 Å². The molecule has 0 aliphatic carbocycles. The molecule has 6 heteroatoms. The van der Waals surface area contributed by atoms with Crippen LogP contribution in [0.1, 0.15) is 22.3 Å². The molecule has 5 nitrogen and oxygen atoms in total. The zero-order chi connectivity index (χ0) is 18.0. The van der Waals surface area contributed by atoms with Gasteiger partial charge in [0.25, 0.3) is 10.0 Å². The van der Waals surface area contributed by atoms with Gasteiger partial charge in [-0.05, 0) is 37.5 Å². The quantitative estimate of drug-likeness (QED) is 0.760. The van der Waals surface area contributed by atoms with E-state index in [2.05, 4.69) is 9.82 Å². The molecule has 1 N–H and O–H groups in total. The fourth-order valence-electron chi connectivity index (χ4n) is 3.07. The Balaban J connectivity index is 1.83. The molecule has 0 spiro atoms. The molecule has 0 fully saturated rings. The van der Waals surface area contributed by atoms with Gasteiger partial charge in [-0.1, -0.05) is 48.0 Å². The maximum Gasteiger partial charge on any atom is 0.262 e. The van der Waals surface area contributed by atoms with E-state index in [1.54, 1.807) is 10.9 Å². The van der Waals surface area contributed by atoms with Crippen LogP contribution in [0.25, 0.3) is 0 Å². The number of hydrogen-bond acceptors (Lipinski definition) is 3. The molecule has 130 valence electrons. The van der Waals surface area contributed by atoms with Gasteiger partial charge in [0, 0.05) is 6.20 Å². The average Bonchev–Trinajstić information content (AvgIpc) is 2.93. The van der Waals surface area contributed by atoms with Gasteiger partial charge in [-0.3, -0.25) is 9.40 Å². The van der Waals surface area contributed by atoms with Crippen molar-refractivity contribution in [2.24, 2.45) is 0 Å². The van der Waals surface area contributed by atoms with Crippen LogP contribution in [0.15, 0.2) is 59.8 Å². The van der Waals surface area contributed by atoms with Crippen LogP contribution < -0.4 is 4.72 Å². The highest BCUT2D eigenvalue weighted by Gasteiger charge is 2.20. The van der Waals surface area contributed by atoms with E-state index in [1.807, 2.05) is 63.2 Å². The van der Waals surface area contributed by atoms with Gasteiger partial charge in [0.05, 0.1) is 23.3 Å². The van der Waals surface area contributed by atoms with Crippen LogP contribution in [0.2, 0.25) is 0 Å². The number of anilines is 1. The summed E-state index contributed by atoms with van der Waals surface area (Å²) in [7, 11) is -3.65. The lowest BCUT2D eigenvalue weighted by molar-refractivity contribution is 0.600. The van der Waals surface area contributed by atoms with Crippen molar-refractivity contribution in [3.05, 3.63) is 77.1 Å². The number of benzene rings is 2. The summed E-state index contributed by atoms with van der Waals surface area (Å²) in [5, 5.41) is 4.24. The third-order valence-electron chi connectivity index (χ3n) is 3.95. The van der Waals surface area contributed by atoms with Crippen molar-refractivity contribution >= 4 is 15.7 Å². The van der Waals surface area contributed by atoms with Crippen molar-refractivity contribution in [1.82, 2.24) is 9.78 Å². The van der Waals surface area contributed by atoms with E-state index in [9.17, 15) is 8.42 Å². The number of hydrogen-bond donors (Lipinski definition) is 1. The van der Waals surface area contributed by atoms with Crippen molar-refractivity contribution in [3.63, 3.8) is 0 Å². The van der Waals surface area contributed by atoms with Crippen molar-refractivity contribution < 1.29 is 8.42 Å². The summed E-state index contributed by atoms with van der Waals surface area (Å²) in [5.41, 5.74) is 4.08. The number of aryl methyl sites for hydroxylation is 3. The van der Waals surface area contributed by atoms with Crippen molar-refractivity contribution in [2.75, 3.05) is 4.72 Å². The highest BCUT2D eigenvalue weighted by atomic mass is 32.2. The Kier molecular flexibility index (Phi) is 4.63. The number of nitrogens with zero attached hydrogens (tertiary/aromatic N) is 2. The lowest BCUT2D eigenvalue weighted by Gasteiger charge is -2.12. The van der Waals surface area contributed by atoms with Crippen molar-refractivity contribution in [2.45, 2.75) is 32.2 Å². The van der Waals surface area contributed by atoms with Crippen molar-refractivity contribution in [3.8, 4) is 0 Å². The lowest BCUT2D eigenvalue weighted by Crippen LogP contribution is -2.15. The smallest absolute Gasteiger partial charge is 0.262 e. The monoisotopic (exact) mass is 355 g/mol. The zero-order valence-corrected chi connectivity index (χ0v) is 15.3. The van der Waals surface area contributed by atoms with Crippen LogP contribution in [0.4, 0.5) is 5.69 Å². The van der Waals surface area contributed by atoms with Crippen LogP contribution in [0.3, 0.4) is 0 Å². The van der Waals surface area contributed by atoms with E-state index >= 15 is 0 Å². The highest BCUT2D eigenvalue weighted by molar-refractivity contribution is 7.92. The summed E-state index contributed by atoms with van der Waals surface area (Å²) in [6.45, 7) is 6.17. The first kappa shape index (κ1) is 17.2. The molecular weight excluding hydrogens is 334 g/mol. The molecule has 3 rings (SSSR count). The van der Waals surface area contributed by atoms with Crippen LogP contribution >= 0.6 is 0 Å². The summed E-state index contributed by atoms with van der Waals surface area (Å²) in [5.74, 6) is 0. The second-order valence-electron chi connectivity index (χ2n) is 6.25. The molecule has 2 aromatic carbocycles. The van der Waals surface area contributed by atoms with E-state index in [0.717, 1.165) is 22.3 Å². The van der Waals surface area contributed by atoms with Crippen LogP contribution in [0.5, 0.6) is 0 Å². The Bertz CT molecular complexity index is 970. The van der Waals surface area contributed by atoms with Crippen molar-refractivity contribution in [1.29, 1.82) is 0 Å². The van der Waals surface area contributed by atoms with Gasteiger partial charge < -0.3 is 0 Å². The number of rotatable bonds is 5. The summed E-state index contributed by atoms with van der Waals surface area (Å²) in [4.78, 5) is 0.328. The van der Waals surface area contributed by atoms with Gasteiger partial charge in [-0.15, -0.1) is 0 Å². The first-order valence-corrected chi connectivity index (χ1v) is 9.50. The standard InChI is InChI=1S/C19H21N3O2S/c1-14-9-15(2)19(16(3)10-14)25(23,24)21-18-11-20-22(13-18)12-17-7-5-4-6-8-17/h4-11,13,21H,12H2,1-3H3. The molecule has 0 aliphatic heterocycles. The van der Waals surface area contributed by atoms with Crippen LogP contribution in [-0.2, 0) is 16.6 Å². The molecule has 1 aromatic heterocycles. The normalized spacial score (nSPS) is 11.5. The first-order chi connectivity index (χ1) is 11.8. The molecule has 1 heterocycles. The summed E-state index contributed by atoms with van der Waals surface area (Å²) >= 11 is 0. The minimum atomic E-state index is -3.65. The highest BCUT2D eigenvalue weighted by Crippen LogP contribution is 2.24. The molecule has 0 unspecified atom stereocenters. The minimum absolute atomic E-state index is 0.328. The maximum absolute atomic E-state index is 12.8. The predicted octanol–water partition coefficient (Wildman–Crippen LogP) is 3.66. The summed E-state index contributed by atoms with van der Waals surface area (Å²) < 4.78 is 29.9. The first-order valence-electron chi connectivity index (χ1n) is 8.02. The van der Waals surface area contributed by atoms with Crippen LogP contribution in [0, 0.1) is 20.8 Å². The predicted molar refractivity (Wildman–Crippen MR) is 99.2 cm³/mol. The maximum atomic E-state index is 12.8. The van der Waals surface area contributed by atoms with Gasteiger partial charge in [0.1, 0.15) is 0 Å². The molecular formula is C19H21N3O2S. The summed E-state index contributed by atoms with van der Waals surface area (Å²) in [6.07, 6.45) is 3.22. The zero-order valence-electron chi connectivity index (χ0n) is 14.5.